The Morgan fingerprint density at radius 1 is 1.34 bits per heavy atom. The molecule has 1 aliphatic rings. The van der Waals surface area contributed by atoms with E-state index in [0.717, 1.165) is 11.8 Å². The lowest BCUT2D eigenvalue weighted by Crippen LogP contribution is -2.35. The molecule has 2 aromatic carbocycles. The van der Waals surface area contributed by atoms with Crippen molar-refractivity contribution in [2.75, 3.05) is 29.0 Å². The summed E-state index contributed by atoms with van der Waals surface area (Å²) in [5.41, 5.74) is 1.91. The van der Waals surface area contributed by atoms with Gasteiger partial charge in [-0.05, 0) is 36.8 Å². The van der Waals surface area contributed by atoms with Crippen molar-refractivity contribution in [1.29, 1.82) is 0 Å². The Morgan fingerprint density at radius 3 is 2.86 bits per heavy atom. The summed E-state index contributed by atoms with van der Waals surface area (Å²) in [5, 5.41) is 2.81. The van der Waals surface area contributed by atoms with Crippen LogP contribution < -0.4 is 19.1 Å². The van der Waals surface area contributed by atoms with Crippen molar-refractivity contribution < 1.29 is 22.7 Å². The number of hydrogen-bond donors (Lipinski definition) is 1. The smallest absolute Gasteiger partial charge is 0.265 e. The summed E-state index contributed by atoms with van der Waals surface area (Å²) in [6.45, 7) is 5.99. The summed E-state index contributed by atoms with van der Waals surface area (Å²) >= 11 is 0. The highest BCUT2D eigenvalue weighted by Crippen LogP contribution is 2.35. The zero-order valence-electron chi connectivity index (χ0n) is 16.4. The van der Waals surface area contributed by atoms with Crippen LogP contribution in [-0.4, -0.2) is 39.8 Å². The van der Waals surface area contributed by atoms with Crippen LogP contribution >= 0.6 is 0 Å². The Labute approximate surface area is 171 Å². The fourth-order valence-corrected chi connectivity index (χ4v) is 4.00. The van der Waals surface area contributed by atoms with Crippen LogP contribution in [0.5, 0.6) is 11.5 Å². The molecule has 1 heterocycles. The zero-order valence-corrected chi connectivity index (χ0v) is 17.2. The lowest BCUT2D eigenvalue weighted by atomic mass is 10.2. The van der Waals surface area contributed by atoms with E-state index in [2.05, 4.69) is 11.9 Å². The summed E-state index contributed by atoms with van der Waals surface area (Å²) in [5.74, 6) is 0.614. The van der Waals surface area contributed by atoms with Gasteiger partial charge in [-0.1, -0.05) is 24.8 Å². The van der Waals surface area contributed by atoms with Crippen LogP contribution in [-0.2, 0) is 14.8 Å². The number of fused-ring (bicyclic) bond motifs is 1. The molecule has 0 spiro atoms. The van der Waals surface area contributed by atoms with Crippen LogP contribution in [0.2, 0.25) is 0 Å². The monoisotopic (exact) mass is 416 g/mol. The molecule has 0 fully saturated rings. The molecule has 3 rings (SSSR count). The number of carbonyl (C=O) groups excluding carboxylic acids is 1. The zero-order chi connectivity index (χ0) is 21.0. The highest BCUT2D eigenvalue weighted by atomic mass is 32.2. The molecule has 1 N–H and O–H groups in total. The van der Waals surface area contributed by atoms with E-state index in [1.165, 1.54) is 4.31 Å². The van der Waals surface area contributed by atoms with Gasteiger partial charge < -0.3 is 14.8 Å². The number of amides is 1. The van der Waals surface area contributed by atoms with Gasteiger partial charge in [0.15, 0.2) is 6.10 Å². The average molecular weight is 416 g/mol. The highest BCUT2D eigenvalue weighted by molar-refractivity contribution is 7.92. The molecule has 0 aliphatic carbocycles. The van der Waals surface area contributed by atoms with E-state index in [4.69, 9.17) is 9.47 Å². The van der Waals surface area contributed by atoms with Crippen LogP contribution in [0, 0.1) is 6.92 Å². The average Bonchev–Trinajstić information content (AvgIpc) is 2.86. The van der Waals surface area contributed by atoms with Crippen molar-refractivity contribution in [2.24, 2.45) is 0 Å². The van der Waals surface area contributed by atoms with Crippen LogP contribution in [0.25, 0.3) is 0 Å². The lowest BCUT2D eigenvalue weighted by molar-refractivity contribution is -0.122. The summed E-state index contributed by atoms with van der Waals surface area (Å²) in [6, 6.07) is 12.3. The third kappa shape index (κ3) is 5.08. The number of ether oxygens (including phenoxy) is 2. The molecule has 0 bridgehead atoms. The van der Waals surface area contributed by atoms with Gasteiger partial charge in [-0.3, -0.25) is 9.10 Å². The molecule has 2 aromatic rings. The van der Waals surface area contributed by atoms with E-state index in [0.29, 0.717) is 29.5 Å². The normalized spacial score (nSPS) is 16.2. The van der Waals surface area contributed by atoms with Crippen molar-refractivity contribution in [3.8, 4) is 11.5 Å². The molecule has 0 radical (unpaired) electrons. The van der Waals surface area contributed by atoms with Gasteiger partial charge >= 0.3 is 0 Å². The molecule has 154 valence electrons. The Bertz CT molecular complexity index is 1020. The predicted molar refractivity (Wildman–Crippen MR) is 113 cm³/mol. The number of nitrogens with one attached hydrogen (secondary N) is 1. The maximum atomic E-state index is 12.8. The van der Waals surface area contributed by atoms with Gasteiger partial charge in [-0.25, -0.2) is 8.42 Å². The predicted octanol–water partition coefficient (Wildman–Crippen LogP) is 3.12. The van der Waals surface area contributed by atoms with Gasteiger partial charge in [0, 0.05) is 24.7 Å². The van der Waals surface area contributed by atoms with Crippen LogP contribution in [0.3, 0.4) is 0 Å². The van der Waals surface area contributed by atoms with Gasteiger partial charge in [0.2, 0.25) is 10.0 Å². The molecule has 29 heavy (non-hydrogen) atoms. The fraction of sp³-hybridized carbons (Fsp3) is 0.286. The summed E-state index contributed by atoms with van der Waals surface area (Å²) in [7, 11) is -3.50. The molecule has 1 amide bonds. The molecular formula is C21H24N2O5S. The van der Waals surface area contributed by atoms with Gasteiger partial charge in [-0.15, -0.1) is 0 Å². The van der Waals surface area contributed by atoms with Crippen molar-refractivity contribution in [2.45, 2.75) is 19.4 Å². The van der Waals surface area contributed by atoms with E-state index < -0.39 is 16.1 Å². The van der Waals surface area contributed by atoms with E-state index >= 15 is 0 Å². The molecule has 0 unspecified atom stereocenters. The molecule has 7 nitrogen and oxygen atoms in total. The Morgan fingerprint density at radius 2 is 2.14 bits per heavy atom. The largest absolute Gasteiger partial charge is 0.489 e. The number of carbonyl (C=O) groups is 1. The topological polar surface area (TPSA) is 84.9 Å². The van der Waals surface area contributed by atoms with Gasteiger partial charge in [0.25, 0.3) is 5.91 Å². The maximum absolute atomic E-state index is 12.8. The third-order valence-electron chi connectivity index (χ3n) is 4.41. The van der Waals surface area contributed by atoms with Gasteiger partial charge in [0.05, 0.1) is 11.9 Å². The molecule has 1 atom stereocenters. The van der Waals surface area contributed by atoms with E-state index in [-0.39, 0.29) is 18.9 Å². The minimum atomic E-state index is -3.50. The van der Waals surface area contributed by atoms with Crippen LogP contribution in [0.15, 0.2) is 55.1 Å². The molecule has 0 saturated carbocycles. The standard InChI is InChI=1S/C21H24N2O5S/c1-4-12-27-17-7-5-6-16(14-17)22-21(24)20-10-11-23(29(3,25)26)18-13-15(2)8-9-19(18)28-20/h4-9,13-14,20H,1,10-12H2,2-3H3,(H,22,24)/t20-/m1/s1. The third-order valence-corrected chi connectivity index (χ3v) is 5.59. The van der Waals surface area contributed by atoms with E-state index in [1.54, 1.807) is 42.5 Å². The number of hydrogen-bond acceptors (Lipinski definition) is 5. The number of rotatable bonds is 6. The lowest BCUT2D eigenvalue weighted by Gasteiger charge is -2.21. The first-order chi connectivity index (χ1) is 13.8. The number of aryl methyl sites for hydroxylation is 1. The number of anilines is 2. The van der Waals surface area contributed by atoms with Crippen LogP contribution in [0.1, 0.15) is 12.0 Å². The second-order valence-corrected chi connectivity index (χ2v) is 8.73. The summed E-state index contributed by atoms with van der Waals surface area (Å²) in [6.07, 6.45) is 2.17. The maximum Gasteiger partial charge on any atom is 0.265 e. The fourth-order valence-electron chi connectivity index (χ4n) is 3.06. The molecule has 0 saturated heterocycles. The molecule has 8 heteroatoms. The van der Waals surface area contributed by atoms with E-state index in [9.17, 15) is 13.2 Å². The quantitative estimate of drug-likeness (QED) is 0.732. The first kappa shape index (κ1) is 20.7. The minimum Gasteiger partial charge on any atom is -0.489 e. The Hall–Kier alpha value is -3.00. The second-order valence-electron chi connectivity index (χ2n) is 6.82. The summed E-state index contributed by atoms with van der Waals surface area (Å²) < 4.78 is 37.2. The van der Waals surface area contributed by atoms with E-state index in [1.807, 2.05) is 13.0 Å². The second kappa shape index (κ2) is 8.57. The SMILES string of the molecule is C=CCOc1cccc(NC(=O)[C@H]2CCN(S(C)(=O)=O)c3cc(C)ccc3O2)c1. The Kier molecular flexibility index (Phi) is 6.12. The van der Waals surface area contributed by atoms with Crippen molar-refractivity contribution in [3.63, 3.8) is 0 Å². The van der Waals surface area contributed by atoms with Crippen molar-refractivity contribution in [3.05, 3.63) is 60.7 Å². The highest BCUT2D eigenvalue weighted by Gasteiger charge is 2.31. The number of benzene rings is 2. The van der Waals surface area contributed by atoms with Crippen molar-refractivity contribution in [1.82, 2.24) is 0 Å². The van der Waals surface area contributed by atoms with Crippen molar-refractivity contribution >= 4 is 27.3 Å². The van der Waals surface area contributed by atoms with Gasteiger partial charge in [0.1, 0.15) is 18.1 Å². The molecule has 0 aromatic heterocycles. The Balaban J connectivity index is 1.81. The summed E-state index contributed by atoms with van der Waals surface area (Å²) in [4.78, 5) is 12.8. The molecular weight excluding hydrogens is 392 g/mol. The van der Waals surface area contributed by atoms with Crippen LogP contribution in [0.4, 0.5) is 11.4 Å². The number of nitrogens with zero attached hydrogens (tertiary/aromatic N) is 1. The van der Waals surface area contributed by atoms with Gasteiger partial charge in [-0.2, -0.15) is 0 Å². The first-order valence-corrected chi connectivity index (χ1v) is 11.0. The first-order valence-electron chi connectivity index (χ1n) is 9.17. The number of sulfonamides is 1. The minimum absolute atomic E-state index is 0.149. The molecule has 1 aliphatic heterocycles.